The Balaban J connectivity index is 1.44. The molecule has 0 spiro atoms. The second-order valence-corrected chi connectivity index (χ2v) is 9.93. The minimum atomic E-state index is -3.15. The van der Waals surface area contributed by atoms with Gasteiger partial charge in [-0.15, -0.1) is 0 Å². The van der Waals surface area contributed by atoms with E-state index in [-0.39, 0.29) is 23.9 Å². The molecule has 4 aromatic rings. The smallest absolute Gasteiger partial charge is 0.271 e. The summed E-state index contributed by atoms with van der Waals surface area (Å²) in [5.41, 5.74) is 4.78. The first kappa shape index (κ1) is 24.4. The predicted octanol–water partition coefficient (Wildman–Crippen LogP) is 1.94. The van der Waals surface area contributed by atoms with E-state index in [9.17, 15) is 23.3 Å². The summed E-state index contributed by atoms with van der Waals surface area (Å²) in [4.78, 5) is 31.1. The van der Waals surface area contributed by atoms with Gasteiger partial charge in [-0.25, -0.2) is 23.1 Å². The van der Waals surface area contributed by atoms with Gasteiger partial charge in [0, 0.05) is 30.5 Å². The lowest BCUT2D eigenvalue weighted by Gasteiger charge is -2.05. The first-order chi connectivity index (χ1) is 17.2. The standard InChI is InChI=1S/C22H20N8O5S/c1-36(34,35)10-9-23-22(31)16-7-5-15(6-8-16)12-26-28-20-19-13-27-29(21(19)25-14-24-20)17-3-2-4-18(11-17)30(32)33/h2-8,11-14H,9-10H2,1H3,(H,23,31)(H,24,25,28)/b26-12+. The third-order valence-corrected chi connectivity index (χ3v) is 5.91. The van der Waals surface area contributed by atoms with E-state index in [1.165, 1.54) is 35.6 Å². The molecule has 2 N–H and O–H groups in total. The summed E-state index contributed by atoms with van der Waals surface area (Å²) in [6.07, 6.45) is 5.50. The van der Waals surface area contributed by atoms with Gasteiger partial charge in [-0.2, -0.15) is 10.2 Å². The minimum Gasteiger partial charge on any atom is -0.351 e. The number of anilines is 1. The number of fused-ring (bicyclic) bond motifs is 1. The zero-order valence-electron chi connectivity index (χ0n) is 18.9. The number of hydrazone groups is 1. The molecule has 0 unspecified atom stereocenters. The zero-order chi connectivity index (χ0) is 25.7. The number of sulfone groups is 1. The Labute approximate surface area is 205 Å². The molecule has 0 saturated heterocycles. The minimum absolute atomic E-state index is 0.0376. The summed E-state index contributed by atoms with van der Waals surface area (Å²) in [6.45, 7) is 0.0376. The van der Waals surface area contributed by atoms with Crippen LogP contribution in [0.4, 0.5) is 11.5 Å². The molecule has 0 saturated carbocycles. The molecule has 36 heavy (non-hydrogen) atoms. The van der Waals surface area contributed by atoms with Crippen LogP contribution in [0.5, 0.6) is 0 Å². The van der Waals surface area contributed by atoms with Crippen LogP contribution in [0.2, 0.25) is 0 Å². The highest BCUT2D eigenvalue weighted by Crippen LogP contribution is 2.23. The summed E-state index contributed by atoms with van der Waals surface area (Å²) in [5.74, 6) is -0.116. The van der Waals surface area contributed by atoms with Crippen LogP contribution in [0.25, 0.3) is 16.7 Å². The van der Waals surface area contributed by atoms with Crippen LogP contribution < -0.4 is 10.7 Å². The van der Waals surface area contributed by atoms with Gasteiger partial charge in [0.25, 0.3) is 11.6 Å². The van der Waals surface area contributed by atoms with Crippen LogP contribution in [0.3, 0.4) is 0 Å². The summed E-state index contributed by atoms with van der Waals surface area (Å²) in [5, 5.41) is 22.7. The van der Waals surface area contributed by atoms with E-state index >= 15 is 0 Å². The van der Waals surface area contributed by atoms with Gasteiger partial charge in [0.15, 0.2) is 11.5 Å². The fourth-order valence-corrected chi connectivity index (χ4v) is 3.67. The van der Waals surface area contributed by atoms with Crippen LogP contribution in [0.15, 0.2) is 66.2 Å². The van der Waals surface area contributed by atoms with Crippen molar-refractivity contribution < 1.29 is 18.1 Å². The number of non-ortho nitro benzene ring substituents is 1. The average Bonchev–Trinajstić information content (AvgIpc) is 3.29. The molecule has 0 aliphatic carbocycles. The van der Waals surface area contributed by atoms with E-state index in [1.54, 1.807) is 36.4 Å². The topological polar surface area (TPSA) is 174 Å². The Morgan fingerprint density at radius 1 is 1.19 bits per heavy atom. The number of carbonyl (C=O) groups is 1. The van der Waals surface area contributed by atoms with Gasteiger partial charge < -0.3 is 5.32 Å². The monoisotopic (exact) mass is 508 g/mol. The Kier molecular flexibility index (Phi) is 6.96. The van der Waals surface area contributed by atoms with Gasteiger partial charge in [-0.3, -0.25) is 20.3 Å². The lowest BCUT2D eigenvalue weighted by atomic mass is 10.1. The molecular formula is C22H20N8O5S. The average molecular weight is 509 g/mol. The third kappa shape index (κ3) is 5.85. The number of carbonyl (C=O) groups excluding carboxylic acids is 1. The van der Waals surface area contributed by atoms with Crippen molar-refractivity contribution in [2.45, 2.75) is 0 Å². The normalized spacial score (nSPS) is 11.6. The molecule has 0 atom stereocenters. The SMILES string of the molecule is CS(=O)(=O)CCNC(=O)c1ccc(/C=N/Nc2ncnc3c2cnn3-c2cccc([N+](=O)[O-])c2)cc1. The number of nitrogens with zero attached hydrogens (tertiary/aromatic N) is 6. The maximum atomic E-state index is 12.1. The molecule has 0 bridgehead atoms. The first-order valence-electron chi connectivity index (χ1n) is 10.5. The van der Waals surface area contributed by atoms with Crippen LogP contribution in [0, 0.1) is 10.1 Å². The summed E-state index contributed by atoms with van der Waals surface area (Å²) in [7, 11) is -3.15. The largest absolute Gasteiger partial charge is 0.351 e. The maximum absolute atomic E-state index is 12.1. The first-order valence-corrected chi connectivity index (χ1v) is 12.6. The zero-order valence-corrected chi connectivity index (χ0v) is 19.7. The Morgan fingerprint density at radius 3 is 2.69 bits per heavy atom. The number of hydrogen-bond acceptors (Lipinski definition) is 10. The second kappa shape index (κ2) is 10.3. The van der Waals surface area contributed by atoms with E-state index in [0.29, 0.717) is 33.7 Å². The van der Waals surface area contributed by atoms with Gasteiger partial charge in [0.05, 0.1) is 34.2 Å². The Bertz CT molecular complexity index is 1570. The molecular weight excluding hydrogens is 488 g/mol. The molecule has 4 rings (SSSR count). The van der Waals surface area contributed by atoms with Gasteiger partial charge in [0.1, 0.15) is 16.2 Å². The quantitative estimate of drug-likeness (QED) is 0.194. The molecule has 1 amide bonds. The van der Waals surface area contributed by atoms with Crippen molar-refractivity contribution in [3.63, 3.8) is 0 Å². The van der Waals surface area contributed by atoms with Crippen molar-refractivity contribution in [3.05, 3.63) is 82.3 Å². The molecule has 2 aromatic carbocycles. The second-order valence-electron chi connectivity index (χ2n) is 7.67. The van der Waals surface area contributed by atoms with Gasteiger partial charge in [0.2, 0.25) is 0 Å². The highest BCUT2D eigenvalue weighted by atomic mass is 32.2. The van der Waals surface area contributed by atoms with Crippen molar-refractivity contribution in [3.8, 4) is 5.69 Å². The van der Waals surface area contributed by atoms with Crippen molar-refractivity contribution in [1.82, 2.24) is 25.1 Å². The summed E-state index contributed by atoms with van der Waals surface area (Å²) < 4.78 is 23.8. The Hall–Kier alpha value is -4.72. The molecule has 184 valence electrons. The van der Waals surface area contributed by atoms with E-state index < -0.39 is 14.8 Å². The number of nitrogens with one attached hydrogen (secondary N) is 2. The van der Waals surface area contributed by atoms with E-state index in [2.05, 4.69) is 30.9 Å². The fraction of sp³-hybridized carbons (Fsp3) is 0.136. The summed E-state index contributed by atoms with van der Waals surface area (Å²) >= 11 is 0. The van der Waals surface area contributed by atoms with Crippen LogP contribution in [-0.4, -0.2) is 63.8 Å². The fourth-order valence-electron chi connectivity index (χ4n) is 3.20. The van der Waals surface area contributed by atoms with Gasteiger partial charge in [-0.05, 0) is 23.8 Å². The van der Waals surface area contributed by atoms with Crippen LogP contribution in [-0.2, 0) is 9.84 Å². The van der Waals surface area contributed by atoms with Crippen LogP contribution in [0.1, 0.15) is 15.9 Å². The van der Waals surface area contributed by atoms with Gasteiger partial charge >= 0.3 is 0 Å². The molecule has 13 nitrogen and oxygen atoms in total. The molecule has 0 aliphatic rings. The molecule has 0 radical (unpaired) electrons. The highest BCUT2D eigenvalue weighted by molar-refractivity contribution is 7.90. The van der Waals surface area contributed by atoms with Gasteiger partial charge in [-0.1, -0.05) is 18.2 Å². The number of nitro groups is 1. The molecule has 2 aromatic heterocycles. The highest BCUT2D eigenvalue weighted by Gasteiger charge is 2.13. The van der Waals surface area contributed by atoms with E-state index in [1.807, 2.05) is 0 Å². The number of rotatable bonds is 9. The van der Waals surface area contributed by atoms with Crippen molar-refractivity contribution in [2.75, 3.05) is 24.0 Å². The predicted molar refractivity (Wildman–Crippen MR) is 133 cm³/mol. The molecule has 0 fully saturated rings. The van der Waals surface area contributed by atoms with Crippen molar-refractivity contribution >= 4 is 44.5 Å². The number of hydrogen-bond donors (Lipinski definition) is 2. The van der Waals surface area contributed by atoms with Crippen molar-refractivity contribution in [2.24, 2.45) is 5.10 Å². The molecule has 14 heteroatoms. The number of nitro benzene ring substituents is 1. The third-order valence-electron chi connectivity index (χ3n) is 4.97. The van der Waals surface area contributed by atoms with E-state index in [0.717, 1.165) is 6.26 Å². The number of aromatic nitrogens is 4. The number of benzene rings is 2. The molecule has 0 aliphatic heterocycles. The lowest BCUT2D eigenvalue weighted by Crippen LogP contribution is -2.28. The summed E-state index contributed by atoms with van der Waals surface area (Å²) in [6, 6.07) is 12.6. The molecule has 2 heterocycles. The van der Waals surface area contributed by atoms with Crippen LogP contribution >= 0.6 is 0 Å². The Morgan fingerprint density at radius 2 is 1.97 bits per heavy atom. The maximum Gasteiger partial charge on any atom is 0.271 e. The van der Waals surface area contributed by atoms with E-state index in [4.69, 9.17) is 0 Å². The lowest BCUT2D eigenvalue weighted by molar-refractivity contribution is -0.384. The van der Waals surface area contributed by atoms with Crippen molar-refractivity contribution in [1.29, 1.82) is 0 Å². The number of amides is 1.